The summed E-state index contributed by atoms with van der Waals surface area (Å²) < 4.78 is 13.2. The van der Waals surface area contributed by atoms with E-state index in [2.05, 4.69) is 0 Å². The lowest BCUT2D eigenvalue weighted by molar-refractivity contribution is -0.130. The number of aliphatic hydroxyl groups excluding tert-OH is 1. The van der Waals surface area contributed by atoms with Crippen molar-refractivity contribution in [1.82, 2.24) is 4.90 Å². The van der Waals surface area contributed by atoms with Crippen LogP contribution in [0.5, 0.6) is 0 Å². The summed E-state index contributed by atoms with van der Waals surface area (Å²) in [7, 11) is 0. The van der Waals surface area contributed by atoms with Gasteiger partial charge in [0.2, 0.25) is 0 Å². The van der Waals surface area contributed by atoms with Gasteiger partial charge >= 0.3 is 0 Å². The molecule has 4 nitrogen and oxygen atoms in total. The van der Waals surface area contributed by atoms with Gasteiger partial charge in [-0.3, -0.25) is 9.59 Å². The molecule has 0 spiro atoms. The smallest absolute Gasteiger partial charge is 0.290 e. The van der Waals surface area contributed by atoms with E-state index in [4.69, 9.17) is 0 Å². The van der Waals surface area contributed by atoms with E-state index in [-0.39, 0.29) is 36.1 Å². The summed E-state index contributed by atoms with van der Waals surface area (Å²) in [5, 5.41) is 10.5. The molecule has 1 aliphatic heterocycles. The van der Waals surface area contributed by atoms with Crippen LogP contribution in [0.3, 0.4) is 0 Å². The number of halogens is 1. The van der Waals surface area contributed by atoms with Crippen molar-refractivity contribution in [2.45, 2.75) is 39.8 Å². The lowest BCUT2D eigenvalue weighted by atomic mass is 9.91. The Morgan fingerprint density at radius 3 is 2.46 bits per heavy atom. The van der Waals surface area contributed by atoms with Gasteiger partial charge in [0.1, 0.15) is 5.82 Å². The van der Waals surface area contributed by atoms with E-state index in [0.717, 1.165) is 16.7 Å². The van der Waals surface area contributed by atoms with Crippen LogP contribution in [-0.2, 0) is 16.1 Å². The molecule has 0 aromatic heterocycles. The van der Waals surface area contributed by atoms with Gasteiger partial charge in [-0.25, -0.2) is 4.39 Å². The largest absolute Gasteiger partial charge is 0.503 e. The van der Waals surface area contributed by atoms with Gasteiger partial charge in [-0.05, 0) is 36.1 Å². The molecule has 3 rings (SSSR count). The molecule has 5 heteroatoms. The van der Waals surface area contributed by atoms with Crippen LogP contribution >= 0.6 is 0 Å². The maximum atomic E-state index is 13.2. The summed E-state index contributed by atoms with van der Waals surface area (Å²) in [6, 6.07) is 12.8. The first-order chi connectivity index (χ1) is 13.3. The van der Waals surface area contributed by atoms with Crippen molar-refractivity contribution in [3.05, 3.63) is 82.4 Å². The zero-order valence-electron chi connectivity index (χ0n) is 16.3. The summed E-state index contributed by atoms with van der Waals surface area (Å²) in [5.74, 6) is -1.55. The fourth-order valence-corrected chi connectivity index (χ4v) is 3.56. The Kier molecular flexibility index (Phi) is 5.63. The van der Waals surface area contributed by atoms with Crippen LogP contribution in [0.2, 0.25) is 0 Å². The van der Waals surface area contributed by atoms with Gasteiger partial charge in [-0.2, -0.15) is 0 Å². The number of benzene rings is 2. The van der Waals surface area contributed by atoms with Crippen molar-refractivity contribution < 1.29 is 19.1 Å². The number of Topliss-reactive ketones (excluding diaryl/α,β-unsaturated/α-hetero) is 1. The predicted octanol–water partition coefficient (Wildman–Crippen LogP) is 4.64. The van der Waals surface area contributed by atoms with Crippen molar-refractivity contribution in [3.8, 4) is 0 Å². The molecule has 1 amide bonds. The Hall–Kier alpha value is -2.95. The van der Waals surface area contributed by atoms with Gasteiger partial charge in [0, 0.05) is 13.0 Å². The van der Waals surface area contributed by atoms with Crippen LogP contribution in [0, 0.1) is 18.7 Å². The molecule has 0 saturated carbocycles. The van der Waals surface area contributed by atoms with Crippen molar-refractivity contribution in [1.29, 1.82) is 0 Å². The number of amides is 1. The van der Waals surface area contributed by atoms with Gasteiger partial charge in [0.05, 0.1) is 11.6 Å². The van der Waals surface area contributed by atoms with E-state index in [0.29, 0.717) is 0 Å². The van der Waals surface area contributed by atoms with Crippen LogP contribution in [0.25, 0.3) is 0 Å². The normalized spacial score (nSPS) is 17.0. The maximum Gasteiger partial charge on any atom is 0.290 e. The summed E-state index contributed by atoms with van der Waals surface area (Å²) >= 11 is 0. The van der Waals surface area contributed by atoms with Crippen LogP contribution in [0.4, 0.5) is 4.39 Å². The highest BCUT2D eigenvalue weighted by Gasteiger charge is 2.43. The number of aliphatic hydroxyl groups is 1. The summed E-state index contributed by atoms with van der Waals surface area (Å²) in [4.78, 5) is 27.2. The highest BCUT2D eigenvalue weighted by Crippen LogP contribution is 2.39. The maximum absolute atomic E-state index is 13.2. The number of carbonyl (C=O) groups excluding carboxylic acids is 2. The number of hydrogen-bond acceptors (Lipinski definition) is 3. The Labute approximate surface area is 164 Å². The fourth-order valence-electron chi connectivity index (χ4n) is 3.56. The Balaban J connectivity index is 2.04. The molecule has 2 aromatic rings. The van der Waals surface area contributed by atoms with Crippen LogP contribution in [0.15, 0.2) is 59.9 Å². The first-order valence-corrected chi connectivity index (χ1v) is 9.36. The molecular formula is C23H24FNO3. The molecule has 1 unspecified atom stereocenters. The first kappa shape index (κ1) is 19.8. The standard InChI is InChI=1S/C23H24FNO3/c1-14(2)11-19(26)20-21(17-6-4-5-15(3)12-17)25(23(28)22(20)27)13-16-7-9-18(24)10-8-16/h4-10,12,14,21,27H,11,13H2,1-3H3. The van der Waals surface area contributed by atoms with Crippen LogP contribution in [0.1, 0.15) is 43.0 Å². The number of carbonyl (C=O) groups is 2. The molecule has 0 radical (unpaired) electrons. The number of ketones is 1. The molecule has 1 heterocycles. The van der Waals surface area contributed by atoms with Gasteiger partial charge in [0.15, 0.2) is 11.5 Å². The quantitative estimate of drug-likeness (QED) is 0.793. The van der Waals surface area contributed by atoms with Crippen molar-refractivity contribution >= 4 is 11.7 Å². The lowest BCUT2D eigenvalue weighted by Gasteiger charge is -2.27. The number of aryl methyl sites for hydroxylation is 1. The third kappa shape index (κ3) is 3.98. The van der Waals surface area contributed by atoms with E-state index in [1.165, 1.54) is 17.0 Å². The molecule has 146 valence electrons. The second-order valence-corrected chi connectivity index (χ2v) is 7.66. The van der Waals surface area contributed by atoms with Gasteiger partial charge < -0.3 is 10.0 Å². The Bertz CT molecular complexity index is 931. The Morgan fingerprint density at radius 1 is 1.18 bits per heavy atom. The van der Waals surface area contributed by atoms with E-state index in [9.17, 15) is 19.1 Å². The zero-order valence-corrected chi connectivity index (χ0v) is 16.3. The molecule has 2 aromatic carbocycles. The topological polar surface area (TPSA) is 57.6 Å². The summed E-state index contributed by atoms with van der Waals surface area (Å²) in [6.07, 6.45) is 0.249. The lowest BCUT2D eigenvalue weighted by Crippen LogP contribution is -2.30. The molecule has 1 aliphatic rings. The van der Waals surface area contributed by atoms with Gasteiger partial charge in [-0.15, -0.1) is 0 Å². The molecule has 1 N–H and O–H groups in total. The third-order valence-corrected chi connectivity index (χ3v) is 4.82. The van der Waals surface area contributed by atoms with Crippen molar-refractivity contribution in [2.75, 3.05) is 0 Å². The molecule has 0 fully saturated rings. The molecular weight excluding hydrogens is 357 g/mol. The molecule has 1 atom stereocenters. The molecule has 0 saturated heterocycles. The van der Waals surface area contributed by atoms with Crippen molar-refractivity contribution in [2.24, 2.45) is 5.92 Å². The van der Waals surface area contributed by atoms with E-state index < -0.39 is 17.7 Å². The highest BCUT2D eigenvalue weighted by atomic mass is 19.1. The summed E-state index contributed by atoms with van der Waals surface area (Å²) in [5.41, 5.74) is 2.63. The molecule has 28 heavy (non-hydrogen) atoms. The van der Waals surface area contributed by atoms with Gasteiger partial charge in [-0.1, -0.05) is 55.8 Å². The summed E-state index contributed by atoms with van der Waals surface area (Å²) in [6.45, 7) is 5.94. The predicted molar refractivity (Wildman–Crippen MR) is 105 cm³/mol. The fraction of sp³-hybridized carbons (Fsp3) is 0.304. The van der Waals surface area contributed by atoms with Crippen LogP contribution < -0.4 is 0 Å². The Morgan fingerprint density at radius 2 is 1.86 bits per heavy atom. The molecule has 0 aliphatic carbocycles. The van der Waals surface area contributed by atoms with E-state index in [1.807, 2.05) is 45.0 Å². The minimum atomic E-state index is -0.663. The number of rotatable bonds is 6. The third-order valence-electron chi connectivity index (χ3n) is 4.82. The number of hydrogen-bond donors (Lipinski definition) is 1. The average molecular weight is 381 g/mol. The average Bonchev–Trinajstić information content (AvgIpc) is 2.88. The SMILES string of the molecule is Cc1cccc(C2C(C(=O)CC(C)C)=C(O)C(=O)N2Cc2ccc(F)cc2)c1. The van der Waals surface area contributed by atoms with Gasteiger partial charge in [0.25, 0.3) is 5.91 Å². The van der Waals surface area contributed by atoms with E-state index >= 15 is 0 Å². The van der Waals surface area contributed by atoms with E-state index in [1.54, 1.807) is 12.1 Å². The zero-order chi connectivity index (χ0) is 20.4. The molecule has 0 bridgehead atoms. The minimum absolute atomic E-state index is 0.104. The minimum Gasteiger partial charge on any atom is -0.503 e. The van der Waals surface area contributed by atoms with Crippen molar-refractivity contribution in [3.63, 3.8) is 0 Å². The first-order valence-electron chi connectivity index (χ1n) is 9.36. The second-order valence-electron chi connectivity index (χ2n) is 7.66. The number of nitrogens with zero attached hydrogens (tertiary/aromatic N) is 1. The monoisotopic (exact) mass is 381 g/mol. The highest BCUT2D eigenvalue weighted by molar-refractivity contribution is 6.09. The second kappa shape index (κ2) is 7.97. The van der Waals surface area contributed by atoms with Crippen LogP contribution in [-0.4, -0.2) is 21.7 Å².